The molecule has 0 aromatic carbocycles. The van der Waals surface area contributed by atoms with Crippen molar-refractivity contribution >= 4 is 16.2 Å². The third kappa shape index (κ3) is 3.20. The standard InChI is InChI=1S/C12H18N2O5S/c1-9(11-6-4-8-19-11)13-20(17,18)14-7-3-2-5-10(14)12(15)16/h4,6,8-10,13H,2-3,5,7H2,1H3,(H,15,16)/t9-,10?/m0/s1. The fourth-order valence-corrected chi connectivity index (χ4v) is 3.92. The van der Waals surface area contributed by atoms with E-state index in [0.29, 0.717) is 18.6 Å². The molecule has 1 aliphatic heterocycles. The average molecular weight is 302 g/mol. The second-order valence-corrected chi connectivity index (χ2v) is 6.48. The largest absolute Gasteiger partial charge is 0.480 e. The van der Waals surface area contributed by atoms with Gasteiger partial charge < -0.3 is 9.52 Å². The van der Waals surface area contributed by atoms with Gasteiger partial charge in [-0.25, -0.2) is 0 Å². The van der Waals surface area contributed by atoms with Crippen LogP contribution in [0.1, 0.15) is 38.0 Å². The molecule has 2 N–H and O–H groups in total. The van der Waals surface area contributed by atoms with E-state index in [-0.39, 0.29) is 6.54 Å². The Morgan fingerprint density at radius 3 is 2.90 bits per heavy atom. The van der Waals surface area contributed by atoms with E-state index in [1.165, 1.54) is 6.26 Å². The molecule has 112 valence electrons. The minimum absolute atomic E-state index is 0.219. The Morgan fingerprint density at radius 2 is 2.30 bits per heavy atom. The number of furan rings is 1. The van der Waals surface area contributed by atoms with Crippen molar-refractivity contribution in [2.75, 3.05) is 6.54 Å². The lowest BCUT2D eigenvalue weighted by Crippen LogP contribution is -2.52. The highest BCUT2D eigenvalue weighted by molar-refractivity contribution is 7.87. The van der Waals surface area contributed by atoms with Gasteiger partial charge >= 0.3 is 5.97 Å². The van der Waals surface area contributed by atoms with E-state index in [0.717, 1.165) is 10.7 Å². The molecule has 0 amide bonds. The van der Waals surface area contributed by atoms with Crippen molar-refractivity contribution in [3.05, 3.63) is 24.2 Å². The van der Waals surface area contributed by atoms with E-state index >= 15 is 0 Å². The Hall–Kier alpha value is -1.38. The molecule has 2 atom stereocenters. The van der Waals surface area contributed by atoms with Crippen LogP contribution in [-0.4, -0.2) is 36.4 Å². The molecule has 0 spiro atoms. The molecule has 1 aromatic heterocycles. The summed E-state index contributed by atoms with van der Waals surface area (Å²) in [6.45, 7) is 1.87. The number of hydrogen-bond donors (Lipinski definition) is 2. The predicted molar refractivity (Wildman–Crippen MR) is 71.2 cm³/mol. The molecule has 0 aliphatic carbocycles. The highest BCUT2D eigenvalue weighted by Crippen LogP contribution is 2.22. The molecule has 0 saturated carbocycles. The number of carboxylic acid groups (broad SMARTS) is 1. The number of aliphatic carboxylic acids is 1. The Kier molecular flexibility index (Phi) is 4.46. The number of carbonyl (C=O) groups is 1. The molecule has 1 aromatic rings. The summed E-state index contributed by atoms with van der Waals surface area (Å²) in [6.07, 6.45) is 3.18. The van der Waals surface area contributed by atoms with Gasteiger partial charge in [0, 0.05) is 6.54 Å². The number of piperidine rings is 1. The van der Waals surface area contributed by atoms with Crippen molar-refractivity contribution in [1.82, 2.24) is 9.03 Å². The SMILES string of the molecule is C[C@H](NS(=O)(=O)N1CCCCC1C(=O)O)c1ccco1. The first-order valence-electron chi connectivity index (χ1n) is 6.47. The van der Waals surface area contributed by atoms with E-state index in [1.54, 1.807) is 19.1 Å². The summed E-state index contributed by atoms with van der Waals surface area (Å²) >= 11 is 0. The van der Waals surface area contributed by atoms with E-state index in [9.17, 15) is 13.2 Å². The first-order valence-corrected chi connectivity index (χ1v) is 7.91. The third-order valence-electron chi connectivity index (χ3n) is 3.34. The van der Waals surface area contributed by atoms with Gasteiger partial charge in [0.1, 0.15) is 11.8 Å². The van der Waals surface area contributed by atoms with Crippen molar-refractivity contribution < 1.29 is 22.7 Å². The number of rotatable bonds is 5. The molecule has 2 rings (SSSR count). The maximum Gasteiger partial charge on any atom is 0.322 e. The summed E-state index contributed by atoms with van der Waals surface area (Å²) in [7, 11) is -3.86. The van der Waals surface area contributed by atoms with Crippen LogP contribution in [-0.2, 0) is 15.0 Å². The predicted octanol–water partition coefficient (Wildman–Crippen LogP) is 1.11. The van der Waals surface area contributed by atoms with E-state index in [2.05, 4.69) is 4.72 Å². The third-order valence-corrected chi connectivity index (χ3v) is 5.05. The van der Waals surface area contributed by atoms with Crippen LogP contribution in [0.3, 0.4) is 0 Å². The molecule has 1 aliphatic rings. The van der Waals surface area contributed by atoms with E-state index < -0.39 is 28.3 Å². The number of nitrogens with one attached hydrogen (secondary N) is 1. The van der Waals surface area contributed by atoms with Gasteiger partial charge in [0.05, 0.1) is 12.3 Å². The zero-order chi connectivity index (χ0) is 14.8. The van der Waals surface area contributed by atoms with E-state index in [4.69, 9.17) is 9.52 Å². The van der Waals surface area contributed by atoms with Gasteiger partial charge in [0.15, 0.2) is 0 Å². The first-order chi connectivity index (χ1) is 9.42. The molecular formula is C12H18N2O5S. The van der Waals surface area contributed by atoms with Crippen LogP contribution in [0, 0.1) is 0 Å². The van der Waals surface area contributed by atoms with Gasteiger partial charge in [-0.1, -0.05) is 0 Å². The van der Waals surface area contributed by atoms with Crippen molar-refractivity contribution in [1.29, 1.82) is 0 Å². The van der Waals surface area contributed by atoms with Gasteiger partial charge in [-0.05, 0) is 38.3 Å². The van der Waals surface area contributed by atoms with E-state index in [1.807, 2.05) is 0 Å². The first kappa shape index (κ1) is 15.0. The summed E-state index contributed by atoms with van der Waals surface area (Å²) < 4.78 is 33.3. The summed E-state index contributed by atoms with van der Waals surface area (Å²) in [5.41, 5.74) is 0. The molecular weight excluding hydrogens is 284 g/mol. The lowest BCUT2D eigenvalue weighted by atomic mass is 10.1. The minimum Gasteiger partial charge on any atom is -0.480 e. The molecule has 0 bridgehead atoms. The Balaban J connectivity index is 2.14. The number of hydrogen-bond acceptors (Lipinski definition) is 4. The van der Waals surface area contributed by atoms with Crippen molar-refractivity contribution in [3.63, 3.8) is 0 Å². The second kappa shape index (κ2) is 5.94. The molecule has 7 nitrogen and oxygen atoms in total. The van der Waals surface area contributed by atoms with Gasteiger partial charge in [-0.2, -0.15) is 17.4 Å². The van der Waals surface area contributed by atoms with Crippen LogP contribution < -0.4 is 4.72 Å². The van der Waals surface area contributed by atoms with Crippen molar-refractivity contribution in [2.24, 2.45) is 0 Å². The molecule has 1 fully saturated rings. The van der Waals surface area contributed by atoms with Gasteiger partial charge in [-0.15, -0.1) is 0 Å². The maximum atomic E-state index is 12.3. The lowest BCUT2D eigenvalue weighted by Gasteiger charge is -2.32. The summed E-state index contributed by atoms with van der Waals surface area (Å²) in [4.78, 5) is 11.2. The normalized spacial score (nSPS) is 22.6. The quantitative estimate of drug-likeness (QED) is 0.849. The van der Waals surface area contributed by atoms with Gasteiger partial charge in [0.25, 0.3) is 10.2 Å². The molecule has 8 heteroatoms. The van der Waals surface area contributed by atoms with Gasteiger partial charge in [0.2, 0.25) is 0 Å². The molecule has 0 radical (unpaired) electrons. The maximum absolute atomic E-state index is 12.3. The monoisotopic (exact) mass is 302 g/mol. The Labute approximate surface area is 117 Å². The van der Waals surface area contributed by atoms with Crippen LogP contribution in [0.25, 0.3) is 0 Å². The Morgan fingerprint density at radius 1 is 1.55 bits per heavy atom. The lowest BCUT2D eigenvalue weighted by molar-refractivity contribution is -0.142. The highest BCUT2D eigenvalue weighted by Gasteiger charge is 2.37. The van der Waals surface area contributed by atoms with Crippen LogP contribution in [0.2, 0.25) is 0 Å². The topological polar surface area (TPSA) is 99.9 Å². The summed E-state index contributed by atoms with van der Waals surface area (Å²) in [6, 6.07) is 1.79. The summed E-state index contributed by atoms with van der Waals surface area (Å²) in [5.74, 6) is -0.627. The zero-order valence-corrected chi connectivity index (χ0v) is 12.0. The molecule has 20 heavy (non-hydrogen) atoms. The minimum atomic E-state index is -3.86. The number of nitrogens with zero attached hydrogens (tertiary/aromatic N) is 1. The summed E-state index contributed by atoms with van der Waals surface area (Å²) in [5, 5.41) is 9.14. The van der Waals surface area contributed by atoms with Crippen molar-refractivity contribution in [2.45, 2.75) is 38.3 Å². The van der Waals surface area contributed by atoms with Gasteiger partial charge in [-0.3, -0.25) is 4.79 Å². The smallest absolute Gasteiger partial charge is 0.322 e. The Bertz CT molecular complexity index is 554. The fourth-order valence-electron chi connectivity index (χ4n) is 2.33. The molecule has 2 heterocycles. The van der Waals surface area contributed by atoms with Crippen LogP contribution in [0.15, 0.2) is 22.8 Å². The van der Waals surface area contributed by atoms with Crippen LogP contribution >= 0.6 is 0 Å². The highest BCUT2D eigenvalue weighted by atomic mass is 32.2. The fraction of sp³-hybridized carbons (Fsp3) is 0.583. The second-order valence-electron chi connectivity index (χ2n) is 4.82. The molecule has 1 unspecified atom stereocenters. The molecule has 1 saturated heterocycles. The zero-order valence-electron chi connectivity index (χ0n) is 11.2. The van der Waals surface area contributed by atoms with Crippen LogP contribution in [0.5, 0.6) is 0 Å². The van der Waals surface area contributed by atoms with Crippen LogP contribution in [0.4, 0.5) is 0 Å². The average Bonchev–Trinajstić information content (AvgIpc) is 2.92. The van der Waals surface area contributed by atoms with Crippen molar-refractivity contribution in [3.8, 4) is 0 Å². The number of carboxylic acids is 1.